The van der Waals surface area contributed by atoms with Crippen LogP contribution in [0.4, 0.5) is 0 Å². The normalized spacial score (nSPS) is 13.0. The van der Waals surface area contributed by atoms with E-state index in [1.165, 1.54) is 11.3 Å². The summed E-state index contributed by atoms with van der Waals surface area (Å²) in [5, 5.41) is 9.84. The van der Waals surface area contributed by atoms with Crippen molar-refractivity contribution in [3.8, 4) is 11.5 Å². The molecule has 0 aliphatic heterocycles. The summed E-state index contributed by atoms with van der Waals surface area (Å²) in [6.07, 6.45) is 0.909. The fraction of sp³-hybridized carbons (Fsp3) is 0.333. The van der Waals surface area contributed by atoms with Gasteiger partial charge >= 0.3 is 0 Å². The molecule has 80 valence electrons. The van der Waals surface area contributed by atoms with Crippen molar-refractivity contribution in [2.24, 2.45) is 0 Å². The third-order valence-electron chi connectivity index (χ3n) is 1.88. The molecule has 0 radical (unpaired) electrons. The van der Waals surface area contributed by atoms with Crippen LogP contribution in [-0.4, -0.2) is 10.2 Å². The number of hydrogen-bond donors (Lipinski definition) is 0. The van der Waals surface area contributed by atoms with Crippen LogP contribution in [0.2, 0.25) is 4.34 Å². The van der Waals surface area contributed by atoms with Gasteiger partial charge in [0, 0.05) is 5.38 Å². The van der Waals surface area contributed by atoms with E-state index in [1.54, 1.807) is 0 Å². The first-order chi connectivity index (χ1) is 7.20. The number of alkyl halides is 1. The van der Waals surface area contributed by atoms with E-state index in [4.69, 9.17) is 16.0 Å². The molecule has 1 unspecified atom stereocenters. The molecule has 0 saturated heterocycles. The van der Waals surface area contributed by atoms with Crippen LogP contribution in [0.1, 0.15) is 24.1 Å². The van der Waals surface area contributed by atoms with E-state index in [0.29, 0.717) is 11.8 Å². The zero-order chi connectivity index (χ0) is 10.8. The van der Waals surface area contributed by atoms with Crippen LogP contribution >= 0.6 is 38.9 Å². The molecule has 0 bridgehead atoms. The monoisotopic (exact) mass is 306 g/mol. The van der Waals surface area contributed by atoms with Crippen molar-refractivity contribution in [1.29, 1.82) is 0 Å². The number of aromatic nitrogens is 2. The Morgan fingerprint density at radius 3 is 3.00 bits per heavy atom. The average Bonchev–Trinajstić information content (AvgIpc) is 2.84. The number of hydrogen-bond acceptors (Lipinski definition) is 4. The third-order valence-corrected chi connectivity index (χ3v) is 4.01. The largest absolute Gasteiger partial charge is 0.419 e. The van der Waals surface area contributed by atoms with Crippen molar-refractivity contribution < 1.29 is 4.42 Å². The summed E-state index contributed by atoms with van der Waals surface area (Å²) < 4.78 is 6.23. The summed E-state index contributed by atoms with van der Waals surface area (Å²) in [7, 11) is 0. The molecule has 2 aromatic rings. The van der Waals surface area contributed by atoms with Crippen molar-refractivity contribution in [2.45, 2.75) is 18.2 Å². The second kappa shape index (κ2) is 4.63. The Bertz CT molecular complexity index is 456. The van der Waals surface area contributed by atoms with Crippen LogP contribution in [0, 0.1) is 0 Å². The van der Waals surface area contributed by atoms with E-state index in [-0.39, 0.29) is 4.83 Å². The summed E-state index contributed by atoms with van der Waals surface area (Å²) >= 11 is 10.7. The summed E-state index contributed by atoms with van der Waals surface area (Å²) in [4.78, 5) is 0.118. The lowest BCUT2D eigenvalue weighted by Crippen LogP contribution is -1.86. The minimum Gasteiger partial charge on any atom is -0.419 e. The Hall–Kier alpha value is -0.390. The minimum atomic E-state index is 0.118. The van der Waals surface area contributed by atoms with E-state index in [9.17, 15) is 0 Å². The van der Waals surface area contributed by atoms with Gasteiger partial charge in [-0.2, -0.15) is 0 Å². The van der Waals surface area contributed by atoms with Crippen LogP contribution in [0.5, 0.6) is 0 Å². The molecule has 1 atom stereocenters. The van der Waals surface area contributed by atoms with Crippen LogP contribution in [0.15, 0.2) is 15.9 Å². The van der Waals surface area contributed by atoms with E-state index in [2.05, 4.69) is 26.1 Å². The predicted octanol–water partition coefficient (Wildman–Crippen LogP) is 4.30. The predicted molar refractivity (Wildman–Crippen MR) is 64.6 cm³/mol. The van der Waals surface area contributed by atoms with Crippen LogP contribution in [0.3, 0.4) is 0 Å². The molecule has 0 aliphatic carbocycles. The van der Waals surface area contributed by atoms with E-state index in [1.807, 2.05) is 18.4 Å². The highest BCUT2D eigenvalue weighted by molar-refractivity contribution is 9.09. The van der Waals surface area contributed by atoms with Gasteiger partial charge in [-0.25, -0.2) is 0 Å². The molecule has 6 heteroatoms. The molecular formula is C9H8BrClN2OS. The molecule has 0 aromatic carbocycles. The first-order valence-corrected chi connectivity index (χ1v) is 6.60. The zero-order valence-electron chi connectivity index (χ0n) is 7.91. The molecule has 2 rings (SSSR count). The van der Waals surface area contributed by atoms with Crippen molar-refractivity contribution in [3.05, 3.63) is 21.7 Å². The van der Waals surface area contributed by atoms with Gasteiger partial charge in [0.2, 0.25) is 11.8 Å². The fourth-order valence-corrected chi connectivity index (χ4v) is 2.11. The number of nitrogens with zero attached hydrogens (tertiary/aromatic N) is 2. The third kappa shape index (κ3) is 2.41. The number of halogens is 2. The number of thiophene rings is 1. The molecule has 2 heterocycles. The summed E-state index contributed by atoms with van der Waals surface area (Å²) in [5.74, 6) is 1.13. The first kappa shape index (κ1) is 11.1. The van der Waals surface area contributed by atoms with Gasteiger partial charge < -0.3 is 4.42 Å². The Labute approximate surface area is 105 Å². The Balaban J connectivity index is 2.27. The van der Waals surface area contributed by atoms with Gasteiger partial charge in [0.25, 0.3) is 0 Å². The Morgan fingerprint density at radius 1 is 1.60 bits per heavy atom. The van der Waals surface area contributed by atoms with Crippen molar-refractivity contribution >= 4 is 38.9 Å². The summed E-state index contributed by atoms with van der Waals surface area (Å²) in [5.41, 5.74) is 0.875. The van der Waals surface area contributed by atoms with Crippen molar-refractivity contribution in [3.63, 3.8) is 0 Å². The van der Waals surface area contributed by atoms with E-state index >= 15 is 0 Å². The summed E-state index contributed by atoms with van der Waals surface area (Å²) in [6.45, 7) is 2.05. The second-order valence-corrected chi connectivity index (χ2v) is 5.61. The Kier molecular flexibility index (Phi) is 3.43. The van der Waals surface area contributed by atoms with Gasteiger partial charge in [0.1, 0.15) is 0 Å². The van der Waals surface area contributed by atoms with Gasteiger partial charge in [-0.3, -0.25) is 0 Å². The van der Waals surface area contributed by atoms with Gasteiger partial charge in [-0.05, 0) is 12.5 Å². The molecule has 0 N–H and O–H groups in total. The Morgan fingerprint density at radius 2 is 2.40 bits per heavy atom. The number of rotatable bonds is 3. The van der Waals surface area contributed by atoms with Gasteiger partial charge in [0.05, 0.1) is 14.7 Å². The van der Waals surface area contributed by atoms with E-state index in [0.717, 1.165) is 16.3 Å². The maximum atomic E-state index is 5.83. The highest BCUT2D eigenvalue weighted by atomic mass is 79.9. The molecule has 3 nitrogen and oxygen atoms in total. The second-order valence-electron chi connectivity index (χ2n) is 2.96. The molecule has 0 aliphatic rings. The average molecular weight is 308 g/mol. The maximum absolute atomic E-state index is 5.83. The van der Waals surface area contributed by atoms with Crippen LogP contribution in [0.25, 0.3) is 11.5 Å². The van der Waals surface area contributed by atoms with Crippen LogP contribution < -0.4 is 0 Å². The van der Waals surface area contributed by atoms with Gasteiger partial charge in [-0.1, -0.05) is 34.5 Å². The SMILES string of the molecule is CCC(Br)c1nnc(-c2csc(Cl)c2)o1. The van der Waals surface area contributed by atoms with Gasteiger partial charge in [0.15, 0.2) is 0 Å². The molecule has 0 saturated carbocycles. The lowest BCUT2D eigenvalue weighted by atomic mass is 10.3. The first-order valence-electron chi connectivity index (χ1n) is 4.42. The standard InChI is InChI=1S/C9H8BrClN2OS/c1-2-6(10)9-13-12-8(14-9)5-3-7(11)15-4-5/h3-4,6H,2H2,1H3. The molecule has 0 fully saturated rings. The maximum Gasteiger partial charge on any atom is 0.248 e. The lowest BCUT2D eigenvalue weighted by Gasteiger charge is -1.97. The highest BCUT2D eigenvalue weighted by Crippen LogP contribution is 2.31. The smallest absolute Gasteiger partial charge is 0.248 e. The summed E-state index contributed by atoms with van der Waals surface area (Å²) in [6, 6.07) is 1.82. The molecular weight excluding hydrogens is 300 g/mol. The molecule has 0 spiro atoms. The molecule has 2 aromatic heterocycles. The van der Waals surface area contributed by atoms with Crippen molar-refractivity contribution in [1.82, 2.24) is 10.2 Å². The highest BCUT2D eigenvalue weighted by Gasteiger charge is 2.15. The van der Waals surface area contributed by atoms with E-state index < -0.39 is 0 Å². The minimum absolute atomic E-state index is 0.118. The van der Waals surface area contributed by atoms with Crippen LogP contribution in [-0.2, 0) is 0 Å². The lowest BCUT2D eigenvalue weighted by molar-refractivity contribution is 0.500. The molecule has 15 heavy (non-hydrogen) atoms. The topological polar surface area (TPSA) is 38.9 Å². The van der Waals surface area contributed by atoms with Gasteiger partial charge in [-0.15, -0.1) is 21.5 Å². The quantitative estimate of drug-likeness (QED) is 0.794. The molecule has 0 amide bonds. The fourth-order valence-electron chi connectivity index (χ4n) is 1.07. The zero-order valence-corrected chi connectivity index (χ0v) is 11.1. The van der Waals surface area contributed by atoms with Crippen molar-refractivity contribution in [2.75, 3.05) is 0 Å².